The van der Waals surface area contributed by atoms with E-state index in [1.54, 1.807) is 6.07 Å². The Hall–Kier alpha value is -2.30. The number of aromatic hydroxyl groups is 1. The molecule has 1 aliphatic rings. The third-order valence-corrected chi connectivity index (χ3v) is 4.04. The minimum absolute atomic E-state index is 0.0452. The molecule has 2 heterocycles. The number of imidazole rings is 1. The number of benzene rings is 1. The average Bonchev–Trinajstić information content (AvgIpc) is 2.81. The maximum atomic E-state index is 12.0. The van der Waals surface area contributed by atoms with Crippen molar-refractivity contribution in [3.05, 3.63) is 40.5 Å². The Morgan fingerprint density at radius 3 is 2.81 bits per heavy atom. The zero-order chi connectivity index (χ0) is 15.1. The van der Waals surface area contributed by atoms with Crippen LogP contribution in [0.5, 0.6) is 5.75 Å². The average molecular weight is 285 g/mol. The molecule has 5 heteroatoms. The number of aryl methyl sites for hydroxylation is 3. The summed E-state index contributed by atoms with van der Waals surface area (Å²) >= 11 is 0. The van der Waals surface area contributed by atoms with E-state index in [2.05, 4.69) is 15.3 Å². The molecule has 2 aromatic rings. The first-order chi connectivity index (χ1) is 9.99. The fraction of sp³-hybridized carbons (Fsp3) is 0.375. The van der Waals surface area contributed by atoms with Gasteiger partial charge in [0.15, 0.2) is 0 Å². The molecule has 21 heavy (non-hydrogen) atoms. The van der Waals surface area contributed by atoms with Gasteiger partial charge in [-0.25, -0.2) is 4.98 Å². The number of nitrogens with one attached hydrogen (secondary N) is 2. The number of amides is 1. The van der Waals surface area contributed by atoms with Crippen molar-refractivity contribution in [2.45, 2.75) is 39.5 Å². The second-order valence-corrected chi connectivity index (χ2v) is 5.58. The highest BCUT2D eigenvalue weighted by Gasteiger charge is 2.30. The number of phenols is 1. The fourth-order valence-corrected chi connectivity index (χ4v) is 2.90. The lowest BCUT2D eigenvalue weighted by molar-refractivity contribution is -0.116. The summed E-state index contributed by atoms with van der Waals surface area (Å²) in [7, 11) is 0. The Bertz CT molecular complexity index is 719. The maximum Gasteiger partial charge on any atom is 0.225 e. The lowest BCUT2D eigenvalue weighted by atomic mass is 9.86. The summed E-state index contributed by atoms with van der Waals surface area (Å²) in [6.45, 7) is 5.89. The van der Waals surface area contributed by atoms with E-state index in [4.69, 9.17) is 0 Å². The molecule has 5 nitrogen and oxygen atoms in total. The van der Waals surface area contributed by atoms with Crippen molar-refractivity contribution in [3.8, 4) is 5.75 Å². The van der Waals surface area contributed by atoms with E-state index >= 15 is 0 Å². The monoisotopic (exact) mass is 285 g/mol. The topological polar surface area (TPSA) is 78.0 Å². The van der Waals surface area contributed by atoms with Crippen LogP contribution in [0, 0.1) is 13.8 Å². The van der Waals surface area contributed by atoms with E-state index in [-0.39, 0.29) is 17.6 Å². The van der Waals surface area contributed by atoms with Crippen LogP contribution in [0.25, 0.3) is 0 Å². The lowest BCUT2D eigenvalue weighted by Crippen LogP contribution is -2.24. The number of aromatic amines is 1. The second kappa shape index (κ2) is 4.91. The fourth-order valence-electron chi connectivity index (χ4n) is 2.90. The molecule has 0 fully saturated rings. The first-order valence-corrected chi connectivity index (χ1v) is 7.18. The normalized spacial score (nSPS) is 17.5. The van der Waals surface area contributed by atoms with Gasteiger partial charge in [-0.2, -0.15) is 0 Å². The Morgan fingerprint density at radius 2 is 2.14 bits per heavy atom. The van der Waals surface area contributed by atoms with Crippen molar-refractivity contribution in [1.82, 2.24) is 9.97 Å². The molecule has 0 radical (unpaired) electrons. The molecular weight excluding hydrogens is 266 g/mol. The number of H-pyrrole nitrogens is 1. The summed E-state index contributed by atoms with van der Waals surface area (Å²) in [5.41, 5.74) is 4.43. The van der Waals surface area contributed by atoms with Gasteiger partial charge in [-0.3, -0.25) is 4.79 Å². The van der Waals surface area contributed by atoms with Gasteiger partial charge in [-0.1, -0.05) is 6.92 Å². The van der Waals surface area contributed by atoms with Crippen molar-refractivity contribution < 1.29 is 9.90 Å². The third kappa shape index (κ3) is 2.28. The molecule has 1 aromatic heterocycles. The van der Waals surface area contributed by atoms with Gasteiger partial charge in [0, 0.05) is 36.2 Å². The maximum absolute atomic E-state index is 12.0. The zero-order valence-corrected chi connectivity index (χ0v) is 12.4. The van der Waals surface area contributed by atoms with Crippen LogP contribution in [-0.2, 0) is 11.2 Å². The lowest BCUT2D eigenvalue weighted by Gasteiger charge is -2.25. The summed E-state index contributed by atoms with van der Waals surface area (Å²) in [6, 6.07) is 3.56. The van der Waals surface area contributed by atoms with Gasteiger partial charge in [-0.15, -0.1) is 0 Å². The van der Waals surface area contributed by atoms with E-state index < -0.39 is 0 Å². The molecular formula is C16H19N3O2. The van der Waals surface area contributed by atoms with Crippen molar-refractivity contribution in [3.63, 3.8) is 0 Å². The number of carbonyl (C=O) groups is 1. The standard InChI is InChI=1S/C16H19N3O2/c1-4-14-17-9(3)16(19-14)11-6-15(21)18-12-7-13(20)8(2)5-10(11)12/h5,7,11,20H,4,6H2,1-3H3,(H,17,19)(H,18,21)/t11-/m0/s1. The smallest absolute Gasteiger partial charge is 0.225 e. The number of anilines is 1. The van der Waals surface area contributed by atoms with Gasteiger partial charge >= 0.3 is 0 Å². The molecule has 1 amide bonds. The number of hydrogen-bond acceptors (Lipinski definition) is 3. The predicted molar refractivity (Wildman–Crippen MR) is 80.6 cm³/mol. The summed E-state index contributed by atoms with van der Waals surface area (Å²) in [6.07, 6.45) is 1.22. The SMILES string of the molecule is CCc1nc([C@H]2CC(=O)Nc3cc(O)c(C)cc32)c(C)[nH]1. The first kappa shape index (κ1) is 13.7. The Labute approximate surface area is 123 Å². The first-order valence-electron chi connectivity index (χ1n) is 7.18. The van der Waals surface area contributed by atoms with Crippen LogP contribution in [0.2, 0.25) is 0 Å². The van der Waals surface area contributed by atoms with E-state index in [0.717, 1.165) is 34.8 Å². The van der Waals surface area contributed by atoms with E-state index in [1.165, 1.54) is 0 Å². The molecule has 110 valence electrons. The number of fused-ring (bicyclic) bond motifs is 1. The molecule has 1 aliphatic heterocycles. The van der Waals surface area contributed by atoms with Gasteiger partial charge in [0.05, 0.1) is 5.69 Å². The van der Waals surface area contributed by atoms with Crippen LogP contribution in [-0.4, -0.2) is 21.0 Å². The Balaban J connectivity index is 2.14. The van der Waals surface area contributed by atoms with E-state index in [9.17, 15) is 9.90 Å². The number of hydrogen-bond donors (Lipinski definition) is 3. The van der Waals surface area contributed by atoms with Crippen molar-refractivity contribution in [1.29, 1.82) is 0 Å². The molecule has 3 N–H and O–H groups in total. The van der Waals surface area contributed by atoms with Crippen LogP contribution in [0.3, 0.4) is 0 Å². The summed E-state index contributed by atoms with van der Waals surface area (Å²) in [5.74, 6) is 1.02. The van der Waals surface area contributed by atoms with Gasteiger partial charge in [0.1, 0.15) is 11.6 Å². The summed E-state index contributed by atoms with van der Waals surface area (Å²) in [5, 5.41) is 12.7. The van der Waals surface area contributed by atoms with Gasteiger partial charge in [-0.05, 0) is 31.0 Å². The Kier molecular flexibility index (Phi) is 3.20. The van der Waals surface area contributed by atoms with Gasteiger partial charge < -0.3 is 15.4 Å². The number of phenolic OH excluding ortho intramolecular Hbond substituents is 1. The molecule has 3 rings (SSSR count). The van der Waals surface area contributed by atoms with Crippen LogP contribution in [0.1, 0.15) is 47.6 Å². The zero-order valence-electron chi connectivity index (χ0n) is 12.4. The van der Waals surface area contributed by atoms with Gasteiger partial charge in [0.2, 0.25) is 5.91 Å². The summed E-state index contributed by atoms with van der Waals surface area (Å²) in [4.78, 5) is 19.9. The van der Waals surface area contributed by atoms with Crippen LogP contribution < -0.4 is 5.32 Å². The van der Waals surface area contributed by atoms with Crippen molar-refractivity contribution in [2.24, 2.45) is 0 Å². The predicted octanol–water partition coefficient (Wildman–Crippen LogP) is 2.77. The summed E-state index contributed by atoms with van der Waals surface area (Å²) < 4.78 is 0. The molecule has 1 atom stereocenters. The number of nitrogens with zero attached hydrogens (tertiary/aromatic N) is 1. The Morgan fingerprint density at radius 1 is 1.38 bits per heavy atom. The second-order valence-electron chi connectivity index (χ2n) is 5.58. The number of carbonyl (C=O) groups excluding carboxylic acids is 1. The molecule has 0 saturated carbocycles. The molecule has 0 bridgehead atoms. The van der Waals surface area contributed by atoms with Crippen molar-refractivity contribution >= 4 is 11.6 Å². The van der Waals surface area contributed by atoms with Crippen LogP contribution >= 0.6 is 0 Å². The van der Waals surface area contributed by atoms with Crippen LogP contribution in [0.15, 0.2) is 12.1 Å². The molecule has 1 aromatic carbocycles. The molecule has 0 spiro atoms. The van der Waals surface area contributed by atoms with Gasteiger partial charge in [0.25, 0.3) is 0 Å². The van der Waals surface area contributed by atoms with E-state index in [1.807, 2.05) is 26.8 Å². The van der Waals surface area contributed by atoms with Crippen LogP contribution in [0.4, 0.5) is 5.69 Å². The number of aromatic nitrogens is 2. The van der Waals surface area contributed by atoms with Crippen molar-refractivity contribution in [2.75, 3.05) is 5.32 Å². The highest BCUT2D eigenvalue weighted by Crippen LogP contribution is 2.40. The highest BCUT2D eigenvalue weighted by atomic mass is 16.3. The largest absolute Gasteiger partial charge is 0.508 e. The highest BCUT2D eigenvalue weighted by molar-refractivity contribution is 5.95. The third-order valence-electron chi connectivity index (χ3n) is 4.04. The molecule has 0 aliphatic carbocycles. The quantitative estimate of drug-likeness (QED) is 0.794. The minimum Gasteiger partial charge on any atom is -0.508 e. The van der Waals surface area contributed by atoms with E-state index in [0.29, 0.717) is 12.1 Å². The number of rotatable bonds is 2. The minimum atomic E-state index is -0.0652. The molecule has 0 unspecified atom stereocenters. The molecule has 0 saturated heterocycles.